The van der Waals surface area contributed by atoms with Gasteiger partial charge < -0.3 is 4.52 Å². The molecule has 0 saturated carbocycles. The van der Waals surface area contributed by atoms with E-state index in [1.165, 1.54) is 65.4 Å². The van der Waals surface area contributed by atoms with Crippen molar-refractivity contribution in [2.24, 2.45) is 0 Å². The molecule has 9 heterocycles. The van der Waals surface area contributed by atoms with Crippen molar-refractivity contribution >= 4 is 22.9 Å². The van der Waals surface area contributed by atoms with Crippen LogP contribution >= 0.6 is 22.9 Å². The minimum Gasteiger partial charge on any atom is -0.361 e. The molecule has 0 amide bonds. The van der Waals surface area contributed by atoms with Crippen molar-refractivity contribution in [2.45, 2.75) is 146 Å². The van der Waals surface area contributed by atoms with Crippen LogP contribution in [0.4, 0.5) is 0 Å². The Balaban J connectivity index is 0.000000810. The first-order valence-corrected chi connectivity index (χ1v) is 25.9. The van der Waals surface area contributed by atoms with E-state index in [2.05, 4.69) is 164 Å². The van der Waals surface area contributed by atoms with E-state index in [1.807, 2.05) is 132 Å². The largest absolute Gasteiger partial charge is 0.361 e. The average molecular weight is 1060 g/mol. The van der Waals surface area contributed by atoms with Crippen LogP contribution < -0.4 is 0 Å². The second-order valence-corrected chi connectivity index (χ2v) is 19.6. The number of aryl methyl sites for hydroxylation is 20. The molecule has 0 aliphatic rings. The van der Waals surface area contributed by atoms with Gasteiger partial charge in [0.1, 0.15) is 5.76 Å². The number of nitrogens with one attached hydrogen (secondary N) is 3. The Morgan fingerprint density at radius 3 is 1.03 bits per heavy atom. The van der Waals surface area contributed by atoms with Gasteiger partial charge in [0.05, 0.1) is 36.2 Å². The SMILES string of the molecule is C.Cc1ccccc1C.Cc1cccnc1C.Cc1ccncc1C.Cc1ccsc1C.Cc1cn[nH]c1C.Cc1cn[nH]c1C.Cc1cn[nH]c1C.Cc1cnoc1C.Cc1cnsc1C.Cc1nccnc1C. The molecule has 0 spiro atoms. The number of H-pyrrole nitrogens is 3. The van der Waals surface area contributed by atoms with Crippen LogP contribution in [0.25, 0.3) is 0 Å². The van der Waals surface area contributed by atoms with Crippen LogP contribution in [-0.4, -0.2) is 60.1 Å². The fourth-order valence-electron chi connectivity index (χ4n) is 4.62. The molecule has 0 bridgehead atoms. The van der Waals surface area contributed by atoms with E-state index in [4.69, 9.17) is 4.52 Å². The minimum atomic E-state index is 0. The van der Waals surface area contributed by atoms with Crippen LogP contribution in [0.5, 0.6) is 0 Å². The zero-order valence-electron chi connectivity index (χ0n) is 47.7. The summed E-state index contributed by atoms with van der Waals surface area (Å²) in [6, 6.07) is 16.5. The Kier molecular flexibility index (Phi) is 34.7. The molecule has 0 fully saturated rings. The molecule has 404 valence electrons. The summed E-state index contributed by atoms with van der Waals surface area (Å²) >= 11 is 3.36. The smallest absolute Gasteiger partial charge is 0.136 e. The molecule has 0 aliphatic carbocycles. The van der Waals surface area contributed by atoms with Gasteiger partial charge in [-0.3, -0.25) is 35.2 Å². The van der Waals surface area contributed by atoms with Crippen molar-refractivity contribution in [3.05, 3.63) is 227 Å². The quantitative estimate of drug-likeness (QED) is 0.132. The summed E-state index contributed by atoms with van der Waals surface area (Å²) in [4.78, 5) is 18.8. The highest BCUT2D eigenvalue weighted by atomic mass is 32.1. The summed E-state index contributed by atoms with van der Waals surface area (Å²) in [6.07, 6.45) is 17.9. The van der Waals surface area contributed by atoms with Gasteiger partial charge in [-0.1, -0.05) is 42.9 Å². The molecule has 13 nitrogen and oxygen atoms in total. The summed E-state index contributed by atoms with van der Waals surface area (Å²) in [7, 11) is 0. The molecule has 0 saturated heterocycles. The number of hydrogen-bond acceptors (Lipinski definition) is 12. The van der Waals surface area contributed by atoms with E-state index in [9.17, 15) is 0 Å². The molecular formula is C60H86N12OS2. The number of benzene rings is 1. The molecule has 0 unspecified atom stereocenters. The van der Waals surface area contributed by atoms with Gasteiger partial charge in [0.2, 0.25) is 0 Å². The van der Waals surface area contributed by atoms with Crippen molar-refractivity contribution < 1.29 is 4.52 Å². The van der Waals surface area contributed by atoms with Crippen molar-refractivity contribution in [1.29, 1.82) is 0 Å². The third-order valence-electron chi connectivity index (χ3n) is 11.5. The van der Waals surface area contributed by atoms with Gasteiger partial charge in [-0.2, -0.15) is 15.3 Å². The molecule has 10 aromatic rings. The van der Waals surface area contributed by atoms with E-state index >= 15 is 0 Å². The minimum absolute atomic E-state index is 0. The van der Waals surface area contributed by atoms with E-state index in [1.54, 1.807) is 41.5 Å². The number of aromatic amines is 3. The lowest BCUT2D eigenvalue weighted by Crippen LogP contribution is -1.87. The van der Waals surface area contributed by atoms with Gasteiger partial charge in [0.15, 0.2) is 0 Å². The highest BCUT2D eigenvalue weighted by Crippen LogP contribution is 2.12. The molecule has 10 rings (SSSR count). The van der Waals surface area contributed by atoms with Crippen LogP contribution in [0, 0.1) is 138 Å². The van der Waals surface area contributed by atoms with Crippen LogP contribution in [0.2, 0.25) is 0 Å². The average Bonchev–Trinajstić information content (AvgIpc) is 4.27. The van der Waals surface area contributed by atoms with E-state index in [-0.39, 0.29) is 7.43 Å². The molecule has 0 aliphatic heterocycles. The fourth-order valence-corrected chi connectivity index (χ4v) is 5.92. The Hall–Kier alpha value is -7.23. The first kappa shape index (κ1) is 67.8. The maximum atomic E-state index is 4.71. The predicted molar refractivity (Wildman–Crippen MR) is 317 cm³/mol. The van der Waals surface area contributed by atoms with Crippen LogP contribution in [0.3, 0.4) is 0 Å². The lowest BCUT2D eigenvalue weighted by Gasteiger charge is -1.93. The molecule has 75 heavy (non-hydrogen) atoms. The summed E-state index contributed by atoms with van der Waals surface area (Å²) in [5.74, 6) is 0.903. The lowest BCUT2D eigenvalue weighted by atomic mass is 10.1. The molecule has 3 N–H and O–H groups in total. The summed E-state index contributed by atoms with van der Waals surface area (Å²) < 4.78 is 8.68. The summed E-state index contributed by atoms with van der Waals surface area (Å²) in [5, 5.41) is 25.5. The molecule has 15 heteroatoms. The van der Waals surface area contributed by atoms with Crippen LogP contribution in [-0.2, 0) is 0 Å². The van der Waals surface area contributed by atoms with E-state index in [0.29, 0.717) is 0 Å². The maximum Gasteiger partial charge on any atom is 0.136 e. The Bertz CT molecular complexity index is 2350. The monoisotopic (exact) mass is 1050 g/mol. The van der Waals surface area contributed by atoms with Gasteiger partial charge in [-0.15, -0.1) is 11.3 Å². The topological polar surface area (TPSA) is 177 Å². The Morgan fingerprint density at radius 2 is 0.840 bits per heavy atom. The second kappa shape index (κ2) is 38.4. The molecule has 1 aromatic carbocycles. The first-order valence-electron chi connectivity index (χ1n) is 24.2. The third kappa shape index (κ3) is 29.9. The number of nitrogens with zero attached hydrogens (tertiary/aromatic N) is 9. The van der Waals surface area contributed by atoms with Crippen LogP contribution in [0.1, 0.15) is 118 Å². The van der Waals surface area contributed by atoms with Gasteiger partial charge in [-0.25, -0.2) is 4.37 Å². The molecule has 9 aromatic heterocycles. The van der Waals surface area contributed by atoms with E-state index < -0.39 is 0 Å². The second-order valence-electron chi connectivity index (χ2n) is 17.5. The van der Waals surface area contributed by atoms with Crippen LogP contribution in [0.15, 0.2) is 120 Å². The molecule has 0 atom stereocenters. The zero-order chi connectivity index (χ0) is 55.6. The number of rotatable bonds is 0. The highest BCUT2D eigenvalue weighted by Gasteiger charge is 1.93. The maximum absolute atomic E-state index is 4.71. The van der Waals surface area contributed by atoms with Crippen molar-refractivity contribution in [3.8, 4) is 0 Å². The molecular weight excluding hydrogens is 969 g/mol. The van der Waals surface area contributed by atoms with Crippen molar-refractivity contribution in [3.63, 3.8) is 0 Å². The first-order chi connectivity index (χ1) is 35.0. The van der Waals surface area contributed by atoms with Gasteiger partial charge >= 0.3 is 0 Å². The van der Waals surface area contributed by atoms with Gasteiger partial charge in [0, 0.05) is 75.3 Å². The fraction of sp³-hybridized carbons (Fsp3) is 0.350. The third-order valence-corrected chi connectivity index (χ3v) is 13.2. The van der Waals surface area contributed by atoms with Gasteiger partial charge in [0.25, 0.3) is 0 Å². The predicted octanol–water partition coefficient (Wildman–Crippen LogP) is 15.9. The summed E-state index contributed by atoms with van der Waals surface area (Å²) in [5.41, 5.74) is 20.6. The number of thiophene rings is 1. The standard InChI is InChI=1S/C8H10.2C7H9N.C6H8N2.C6H8S.3C5H8N2.C5H7NO.C5H7NS.CH4/c1-7-5-3-4-6-8(7)2;1-6-3-4-8-5-7(6)2;1-6-4-3-5-8-7(6)2;1-5-6(2)8-4-3-7-5;1-5-3-4-7-6(5)2;5*1-4-3-6-7-5(4)2;/h3-6H,1-2H3;2*3-5H,1-2H3;3-4H,1-2H3;3-4H,1-2H3;3*3H,1-2H3,(H,6,7);2*3H,1-2H3;1H4. The normalized spacial score (nSPS) is 9.23. The zero-order valence-corrected chi connectivity index (χ0v) is 49.4. The number of aromatic nitrogens is 12. The van der Waals surface area contributed by atoms with Gasteiger partial charge in [-0.05, 0) is 229 Å². The Labute approximate surface area is 457 Å². The van der Waals surface area contributed by atoms with E-state index in [0.717, 1.165) is 45.5 Å². The summed E-state index contributed by atoms with van der Waals surface area (Å²) in [6.45, 7) is 40.7. The number of pyridine rings is 2. The lowest BCUT2D eigenvalue weighted by molar-refractivity contribution is 0.396. The van der Waals surface area contributed by atoms with Crippen molar-refractivity contribution in [2.75, 3.05) is 0 Å². The van der Waals surface area contributed by atoms with Crippen molar-refractivity contribution in [1.82, 2.24) is 60.1 Å². The highest BCUT2D eigenvalue weighted by molar-refractivity contribution is 7.10. The molecule has 0 radical (unpaired) electrons. The Morgan fingerprint density at radius 1 is 0.373 bits per heavy atom. The number of hydrogen-bond donors (Lipinski definition) is 3.